The van der Waals surface area contributed by atoms with E-state index in [2.05, 4.69) is 5.32 Å². The van der Waals surface area contributed by atoms with Gasteiger partial charge in [-0.05, 0) is 36.6 Å². The summed E-state index contributed by atoms with van der Waals surface area (Å²) in [5, 5.41) is 2.99. The topological polar surface area (TPSA) is 49.4 Å². The molecule has 1 N–H and O–H groups in total. The van der Waals surface area contributed by atoms with E-state index in [1.807, 2.05) is 44.2 Å². The Morgan fingerprint density at radius 1 is 0.889 bits per heavy atom. The zero-order valence-electron chi connectivity index (χ0n) is 20.6. The molecule has 0 radical (unpaired) electrons. The molecular weight excluding hydrogens is 478 g/mol. The van der Waals surface area contributed by atoms with Gasteiger partial charge < -0.3 is 10.2 Å². The van der Waals surface area contributed by atoms with Crippen molar-refractivity contribution in [3.8, 4) is 0 Å². The minimum absolute atomic E-state index is 0.0324. The fraction of sp³-hybridized carbons (Fsp3) is 0.310. The van der Waals surface area contributed by atoms with Crippen LogP contribution in [0.3, 0.4) is 0 Å². The molecule has 2 atom stereocenters. The molecule has 0 saturated heterocycles. The van der Waals surface area contributed by atoms with Gasteiger partial charge in [0.05, 0.1) is 5.75 Å². The summed E-state index contributed by atoms with van der Waals surface area (Å²) in [6, 6.07) is 21.3. The van der Waals surface area contributed by atoms with E-state index in [9.17, 15) is 18.4 Å². The van der Waals surface area contributed by atoms with E-state index >= 15 is 0 Å². The van der Waals surface area contributed by atoms with E-state index in [-0.39, 0.29) is 36.0 Å². The molecule has 0 aliphatic rings. The van der Waals surface area contributed by atoms with E-state index < -0.39 is 11.9 Å². The van der Waals surface area contributed by atoms with E-state index in [0.717, 1.165) is 12.0 Å². The fourth-order valence-corrected chi connectivity index (χ4v) is 4.65. The smallest absolute Gasteiger partial charge is 0.243 e. The van der Waals surface area contributed by atoms with Crippen molar-refractivity contribution in [3.63, 3.8) is 0 Å². The second-order valence-corrected chi connectivity index (χ2v) is 9.71. The van der Waals surface area contributed by atoms with Gasteiger partial charge in [-0.3, -0.25) is 9.59 Å². The normalized spacial score (nSPS) is 12.6. The van der Waals surface area contributed by atoms with Gasteiger partial charge in [0.15, 0.2) is 0 Å². The Balaban J connectivity index is 1.87. The minimum atomic E-state index is -0.831. The van der Waals surface area contributed by atoms with Crippen LogP contribution in [-0.2, 0) is 28.3 Å². The lowest BCUT2D eigenvalue weighted by Gasteiger charge is -2.32. The van der Waals surface area contributed by atoms with Gasteiger partial charge in [-0.2, -0.15) is 0 Å². The molecule has 3 rings (SSSR count). The molecule has 0 unspecified atom stereocenters. The van der Waals surface area contributed by atoms with Crippen LogP contribution in [0.4, 0.5) is 8.78 Å². The molecule has 0 spiro atoms. The molecule has 0 aliphatic carbocycles. The number of benzene rings is 3. The lowest BCUT2D eigenvalue weighted by Crippen LogP contribution is -2.52. The number of halogens is 2. The molecule has 36 heavy (non-hydrogen) atoms. The van der Waals surface area contributed by atoms with Gasteiger partial charge in [0.1, 0.15) is 17.7 Å². The van der Waals surface area contributed by atoms with Crippen LogP contribution in [0.5, 0.6) is 0 Å². The monoisotopic (exact) mass is 510 g/mol. The van der Waals surface area contributed by atoms with E-state index in [4.69, 9.17) is 0 Å². The number of carbonyl (C=O) groups is 2. The van der Waals surface area contributed by atoms with Crippen molar-refractivity contribution in [2.75, 3.05) is 5.75 Å². The summed E-state index contributed by atoms with van der Waals surface area (Å²) in [6.07, 6.45) is 1.03. The highest BCUT2D eigenvalue weighted by Crippen LogP contribution is 2.20. The van der Waals surface area contributed by atoms with Crippen LogP contribution in [0.1, 0.15) is 37.0 Å². The maximum absolute atomic E-state index is 14.6. The number of hydrogen-bond donors (Lipinski definition) is 1. The van der Waals surface area contributed by atoms with E-state index in [1.54, 1.807) is 36.4 Å². The molecule has 0 aromatic heterocycles. The molecule has 2 amide bonds. The molecule has 4 nitrogen and oxygen atoms in total. The Hall–Kier alpha value is -3.19. The zero-order valence-corrected chi connectivity index (χ0v) is 21.4. The van der Waals surface area contributed by atoms with Crippen molar-refractivity contribution in [1.82, 2.24) is 10.2 Å². The Morgan fingerprint density at radius 3 is 2.08 bits per heavy atom. The molecule has 3 aromatic carbocycles. The third-order valence-corrected chi connectivity index (χ3v) is 6.98. The van der Waals surface area contributed by atoms with Gasteiger partial charge in [-0.25, -0.2) is 8.78 Å². The summed E-state index contributed by atoms with van der Waals surface area (Å²) in [7, 11) is 0. The number of rotatable bonds is 12. The molecule has 190 valence electrons. The van der Waals surface area contributed by atoms with E-state index in [0.29, 0.717) is 23.3 Å². The van der Waals surface area contributed by atoms with Crippen LogP contribution in [0.15, 0.2) is 78.9 Å². The first-order valence-corrected chi connectivity index (χ1v) is 13.2. The second-order valence-electron chi connectivity index (χ2n) is 8.72. The molecular formula is C29H32F2N2O2S. The van der Waals surface area contributed by atoms with Gasteiger partial charge in [0.25, 0.3) is 0 Å². The van der Waals surface area contributed by atoms with Crippen molar-refractivity contribution in [3.05, 3.63) is 107 Å². The molecule has 0 aliphatic heterocycles. The molecule has 0 fully saturated rings. The number of thioether (sulfide) groups is 1. The predicted molar refractivity (Wildman–Crippen MR) is 141 cm³/mol. The fourth-order valence-electron chi connectivity index (χ4n) is 3.75. The lowest BCUT2D eigenvalue weighted by molar-refractivity contribution is -0.139. The quantitative estimate of drug-likeness (QED) is 0.337. The van der Waals surface area contributed by atoms with E-state index in [1.165, 1.54) is 28.8 Å². The Labute approximate surface area is 216 Å². The van der Waals surface area contributed by atoms with Gasteiger partial charge in [0, 0.05) is 30.3 Å². The third kappa shape index (κ3) is 7.92. The number of hydrogen-bond acceptors (Lipinski definition) is 3. The number of amides is 2. The van der Waals surface area contributed by atoms with Gasteiger partial charge >= 0.3 is 0 Å². The highest BCUT2D eigenvalue weighted by Gasteiger charge is 2.31. The van der Waals surface area contributed by atoms with Gasteiger partial charge in [0.2, 0.25) is 11.8 Å². The summed E-state index contributed by atoms with van der Waals surface area (Å²) in [5.41, 5.74) is 1.73. The first kappa shape index (κ1) is 27.4. The minimum Gasteiger partial charge on any atom is -0.352 e. The SMILES string of the molecule is CC[C@H](C)NC(=O)[C@@H](Cc1ccccc1)N(Cc1ccccc1F)C(=O)CSCc1ccccc1F. The van der Waals surface area contributed by atoms with Crippen LogP contribution in [0.2, 0.25) is 0 Å². The Kier molecular flexibility index (Phi) is 10.5. The molecule has 0 heterocycles. The first-order chi connectivity index (χ1) is 17.4. The van der Waals surface area contributed by atoms with Crippen LogP contribution in [0, 0.1) is 11.6 Å². The van der Waals surface area contributed by atoms with Gasteiger partial charge in [-0.1, -0.05) is 73.7 Å². The summed E-state index contributed by atoms with van der Waals surface area (Å²) in [6.45, 7) is 3.83. The van der Waals surface area contributed by atoms with Crippen LogP contribution < -0.4 is 5.32 Å². The second kappa shape index (κ2) is 13.8. The van der Waals surface area contributed by atoms with Crippen molar-refractivity contribution >= 4 is 23.6 Å². The predicted octanol–water partition coefficient (Wildman–Crippen LogP) is 5.75. The number of nitrogens with zero attached hydrogens (tertiary/aromatic N) is 1. The van der Waals surface area contributed by atoms with Crippen LogP contribution in [0.25, 0.3) is 0 Å². The largest absolute Gasteiger partial charge is 0.352 e. The highest BCUT2D eigenvalue weighted by atomic mass is 32.2. The maximum atomic E-state index is 14.6. The summed E-state index contributed by atoms with van der Waals surface area (Å²) >= 11 is 1.27. The summed E-state index contributed by atoms with van der Waals surface area (Å²) < 4.78 is 28.6. The summed E-state index contributed by atoms with van der Waals surface area (Å²) in [5.74, 6) is -0.999. The third-order valence-electron chi connectivity index (χ3n) is 6.01. The molecule has 3 aromatic rings. The lowest BCUT2D eigenvalue weighted by atomic mass is 10.0. The Morgan fingerprint density at radius 2 is 1.47 bits per heavy atom. The van der Waals surface area contributed by atoms with Crippen molar-refractivity contribution in [2.45, 2.75) is 51.1 Å². The first-order valence-electron chi connectivity index (χ1n) is 12.1. The van der Waals surface area contributed by atoms with Crippen LogP contribution >= 0.6 is 11.8 Å². The average molecular weight is 511 g/mol. The molecule has 0 bridgehead atoms. The standard InChI is InChI=1S/C29H32F2N2O2S/c1-3-21(2)32-29(35)27(17-22-11-5-4-6-12-22)33(18-23-13-7-9-15-25(23)30)28(34)20-36-19-24-14-8-10-16-26(24)31/h4-16,21,27H,3,17-20H2,1-2H3,(H,32,35)/t21-,27+/m0/s1. The molecule has 0 saturated carbocycles. The average Bonchev–Trinajstić information content (AvgIpc) is 2.88. The van der Waals surface area contributed by atoms with Gasteiger partial charge in [-0.15, -0.1) is 11.8 Å². The Bertz CT molecular complexity index is 1140. The van der Waals surface area contributed by atoms with Crippen molar-refractivity contribution in [1.29, 1.82) is 0 Å². The number of carbonyl (C=O) groups excluding carboxylic acids is 2. The zero-order chi connectivity index (χ0) is 25.9. The molecule has 7 heteroatoms. The van der Waals surface area contributed by atoms with Crippen molar-refractivity contribution < 1.29 is 18.4 Å². The highest BCUT2D eigenvalue weighted by molar-refractivity contribution is 7.99. The van der Waals surface area contributed by atoms with Crippen molar-refractivity contribution in [2.24, 2.45) is 0 Å². The summed E-state index contributed by atoms with van der Waals surface area (Å²) in [4.78, 5) is 28.4. The van der Waals surface area contributed by atoms with Crippen LogP contribution in [-0.4, -0.2) is 34.6 Å². The maximum Gasteiger partial charge on any atom is 0.243 e. The number of nitrogens with one attached hydrogen (secondary N) is 1.